The van der Waals surface area contributed by atoms with Crippen molar-refractivity contribution in [2.45, 2.75) is 33.7 Å². The third kappa shape index (κ3) is 3.95. The summed E-state index contributed by atoms with van der Waals surface area (Å²) in [6.07, 6.45) is 0. The Balaban J connectivity index is 1.60. The Morgan fingerprint density at radius 3 is 2.33 bits per heavy atom. The van der Waals surface area contributed by atoms with Crippen LogP contribution in [0.25, 0.3) is 5.00 Å². The molecule has 0 saturated carbocycles. The molecule has 2 N–H and O–H groups in total. The van der Waals surface area contributed by atoms with Gasteiger partial charge in [0.2, 0.25) is 0 Å². The minimum Gasteiger partial charge on any atom is -0.481 e. The zero-order valence-electron chi connectivity index (χ0n) is 20.3. The molecule has 0 saturated heterocycles. The van der Waals surface area contributed by atoms with Crippen LogP contribution in [0.2, 0.25) is 0 Å². The fraction of sp³-hybridized carbons (Fsp3) is 0.222. The number of hydrogen-bond donors (Lipinski definition) is 2. The van der Waals surface area contributed by atoms with Gasteiger partial charge in [0.05, 0.1) is 23.3 Å². The number of carbonyl (C=O) groups is 1. The first kappa shape index (κ1) is 23.5. The zero-order valence-corrected chi connectivity index (χ0v) is 21.1. The summed E-state index contributed by atoms with van der Waals surface area (Å²) in [4.78, 5) is 18.2. The Morgan fingerprint density at radius 2 is 1.72 bits per heavy atom. The molecule has 36 heavy (non-hydrogen) atoms. The van der Waals surface area contributed by atoms with E-state index in [1.165, 1.54) is 0 Å². The van der Waals surface area contributed by atoms with Gasteiger partial charge in [0.1, 0.15) is 16.9 Å². The number of aliphatic imine (C=N–C) groups is 1. The van der Waals surface area contributed by atoms with Gasteiger partial charge in [-0.2, -0.15) is 5.26 Å². The number of rotatable bonds is 5. The number of benzene rings is 2. The van der Waals surface area contributed by atoms with Crippen LogP contribution in [0.15, 0.2) is 53.5 Å². The third-order valence-corrected chi connectivity index (χ3v) is 7.71. The second-order valence-electron chi connectivity index (χ2n) is 8.85. The Kier molecular flexibility index (Phi) is 5.90. The largest absolute Gasteiger partial charge is 0.481 e. The molecule has 1 aliphatic rings. The van der Waals surface area contributed by atoms with Crippen molar-refractivity contribution >= 4 is 34.4 Å². The van der Waals surface area contributed by atoms with E-state index in [9.17, 15) is 9.90 Å². The van der Waals surface area contributed by atoms with Crippen LogP contribution in [-0.4, -0.2) is 31.6 Å². The van der Waals surface area contributed by atoms with Gasteiger partial charge in [0.25, 0.3) is 0 Å². The van der Waals surface area contributed by atoms with Crippen molar-refractivity contribution < 1.29 is 9.90 Å². The molecule has 180 valence electrons. The maximum atomic E-state index is 12.0. The summed E-state index contributed by atoms with van der Waals surface area (Å²) >= 11 is 1.64. The predicted molar refractivity (Wildman–Crippen MR) is 140 cm³/mol. The Morgan fingerprint density at radius 1 is 1.08 bits per heavy atom. The van der Waals surface area contributed by atoms with Crippen LogP contribution in [0.3, 0.4) is 0 Å². The second kappa shape index (κ2) is 9.06. The fourth-order valence-electron chi connectivity index (χ4n) is 4.32. The third-order valence-electron chi connectivity index (χ3n) is 6.51. The number of nitriles is 1. The lowest BCUT2D eigenvalue weighted by atomic mass is 9.98. The standard InChI is InChI=1S/C27H24N6O2S/c1-14-16(3)36-26-22(14)24(30-23(15(2)27(34)35)25-32-31-17(4)33(25)26)19-7-11-21(12-8-19)29-20-9-5-18(13-28)6-10-20/h5-12,15,23,29H,1-4H3,(H,34,35)/t15-,23?/m0/s1. The van der Waals surface area contributed by atoms with E-state index < -0.39 is 17.9 Å². The number of fused-ring (bicyclic) bond motifs is 3. The van der Waals surface area contributed by atoms with E-state index >= 15 is 0 Å². The molecule has 0 aliphatic carbocycles. The molecule has 0 bridgehead atoms. The van der Waals surface area contributed by atoms with E-state index in [0.29, 0.717) is 17.2 Å². The maximum Gasteiger partial charge on any atom is 0.308 e. The summed E-state index contributed by atoms with van der Waals surface area (Å²) in [6, 6.07) is 16.6. The average molecular weight is 497 g/mol. The Bertz CT molecular complexity index is 1540. The SMILES string of the molecule is Cc1sc2c(c1C)C(c1ccc(Nc3ccc(C#N)cc3)cc1)=NC([C@H](C)C(=O)O)c1nnc(C)n1-2. The molecule has 9 heteroatoms. The van der Waals surface area contributed by atoms with E-state index in [2.05, 4.69) is 35.4 Å². The van der Waals surface area contributed by atoms with Crippen molar-refractivity contribution in [1.29, 1.82) is 5.26 Å². The van der Waals surface area contributed by atoms with Crippen molar-refractivity contribution in [3.05, 3.63) is 87.3 Å². The molecule has 0 spiro atoms. The van der Waals surface area contributed by atoms with Crippen molar-refractivity contribution in [3.8, 4) is 11.1 Å². The van der Waals surface area contributed by atoms with Crippen LogP contribution in [0, 0.1) is 38.0 Å². The first-order chi connectivity index (χ1) is 17.3. The molecule has 0 fully saturated rings. The molecule has 2 aromatic carbocycles. The summed E-state index contributed by atoms with van der Waals surface area (Å²) < 4.78 is 1.96. The molecule has 4 aromatic rings. The minimum absolute atomic E-state index is 0.541. The lowest BCUT2D eigenvalue weighted by molar-refractivity contribution is -0.141. The molecule has 1 unspecified atom stereocenters. The second-order valence-corrected chi connectivity index (χ2v) is 10.0. The number of carboxylic acid groups (broad SMARTS) is 1. The van der Waals surface area contributed by atoms with Gasteiger partial charge in [-0.05, 0) is 69.7 Å². The van der Waals surface area contributed by atoms with Gasteiger partial charge in [0.15, 0.2) is 5.82 Å². The molecule has 1 aliphatic heterocycles. The molecule has 8 nitrogen and oxygen atoms in total. The van der Waals surface area contributed by atoms with Gasteiger partial charge in [0, 0.05) is 27.4 Å². The van der Waals surface area contributed by atoms with E-state index in [1.54, 1.807) is 30.4 Å². The lowest BCUT2D eigenvalue weighted by Crippen LogP contribution is -2.21. The molecular formula is C27H24N6O2S. The molecule has 3 heterocycles. The minimum atomic E-state index is -0.935. The van der Waals surface area contributed by atoms with Crippen LogP contribution in [-0.2, 0) is 4.79 Å². The van der Waals surface area contributed by atoms with Crippen LogP contribution < -0.4 is 5.32 Å². The van der Waals surface area contributed by atoms with Crippen LogP contribution >= 0.6 is 11.3 Å². The van der Waals surface area contributed by atoms with Crippen molar-refractivity contribution in [2.24, 2.45) is 10.9 Å². The highest BCUT2D eigenvalue weighted by molar-refractivity contribution is 7.15. The van der Waals surface area contributed by atoms with E-state index in [-0.39, 0.29) is 0 Å². The van der Waals surface area contributed by atoms with E-state index in [1.807, 2.05) is 47.9 Å². The highest BCUT2D eigenvalue weighted by Crippen LogP contribution is 2.40. The monoisotopic (exact) mass is 496 g/mol. The smallest absolute Gasteiger partial charge is 0.308 e. The fourth-order valence-corrected chi connectivity index (χ4v) is 5.54. The Labute approximate surface area is 212 Å². The number of anilines is 2. The number of carboxylic acids is 1. The first-order valence-electron chi connectivity index (χ1n) is 11.5. The first-order valence-corrected chi connectivity index (χ1v) is 12.3. The highest BCUT2D eigenvalue weighted by Gasteiger charge is 2.36. The number of aryl methyl sites for hydroxylation is 2. The van der Waals surface area contributed by atoms with E-state index in [0.717, 1.165) is 43.7 Å². The predicted octanol–water partition coefficient (Wildman–Crippen LogP) is 5.48. The number of aliphatic carboxylic acids is 1. The average Bonchev–Trinajstić information content (AvgIpc) is 3.34. The molecular weight excluding hydrogens is 472 g/mol. The molecule has 2 atom stereocenters. The van der Waals surface area contributed by atoms with Gasteiger partial charge in [-0.1, -0.05) is 12.1 Å². The van der Waals surface area contributed by atoms with Crippen LogP contribution in [0.4, 0.5) is 11.4 Å². The number of aromatic nitrogens is 3. The number of nitrogens with zero attached hydrogens (tertiary/aromatic N) is 5. The summed E-state index contributed by atoms with van der Waals surface area (Å²) in [6.45, 7) is 7.68. The summed E-state index contributed by atoms with van der Waals surface area (Å²) in [5.41, 5.74) is 6.10. The van der Waals surface area contributed by atoms with E-state index in [4.69, 9.17) is 10.3 Å². The Hall–Kier alpha value is -4.29. The topological polar surface area (TPSA) is 116 Å². The van der Waals surface area contributed by atoms with Crippen molar-refractivity contribution in [1.82, 2.24) is 14.8 Å². The number of nitrogens with one attached hydrogen (secondary N) is 1. The number of thiophene rings is 1. The lowest BCUT2D eigenvalue weighted by Gasteiger charge is -2.16. The van der Waals surface area contributed by atoms with Gasteiger partial charge in [-0.25, -0.2) is 0 Å². The zero-order chi connectivity index (χ0) is 25.6. The van der Waals surface area contributed by atoms with Gasteiger partial charge in [-0.3, -0.25) is 14.4 Å². The van der Waals surface area contributed by atoms with Crippen molar-refractivity contribution in [2.75, 3.05) is 5.32 Å². The van der Waals surface area contributed by atoms with Gasteiger partial charge >= 0.3 is 5.97 Å². The summed E-state index contributed by atoms with van der Waals surface area (Å²) in [5.74, 6) is -0.474. The number of hydrogen-bond acceptors (Lipinski definition) is 7. The van der Waals surface area contributed by atoms with Crippen molar-refractivity contribution in [3.63, 3.8) is 0 Å². The molecule has 5 rings (SSSR count). The van der Waals surface area contributed by atoms with Crippen LogP contribution in [0.5, 0.6) is 0 Å². The molecule has 0 amide bonds. The van der Waals surface area contributed by atoms with Crippen LogP contribution in [0.1, 0.15) is 51.7 Å². The highest BCUT2D eigenvalue weighted by atomic mass is 32.1. The molecule has 0 radical (unpaired) electrons. The summed E-state index contributed by atoms with van der Waals surface area (Å²) in [5, 5.41) is 31.8. The normalized spacial score (nSPS) is 15.2. The van der Waals surface area contributed by atoms with Gasteiger partial charge < -0.3 is 10.4 Å². The van der Waals surface area contributed by atoms with Gasteiger partial charge in [-0.15, -0.1) is 21.5 Å². The quantitative estimate of drug-likeness (QED) is 0.378. The maximum absolute atomic E-state index is 12.0. The summed E-state index contributed by atoms with van der Waals surface area (Å²) in [7, 11) is 0. The molecule has 2 aromatic heterocycles.